The minimum atomic E-state index is 0. The molecule has 0 aromatic heterocycles. The zero-order chi connectivity index (χ0) is 13.8. The summed E-state index contributed by atoms with van der Waals surface area (Å²) in [6.07, 6.45) is 6.35. The van der Waals surface area contributed by atoms with E-state index in [9.17, 15) is 0 Å². The summed E-state index contributed by atoms with van der Waals surface area (Å²) in [6, 6.07) is 8.86. The lowest BCUT2D eigenvalue weighted by Gasteiger charge is -2.31. The first kappa shape index (κ1) is 17.1. The van der Waals surface area contributed by atoms with Gasteiger partial charge in [-0.2, -0.15) is 0 Å². The summed E-state index contributed by atoms with van der Waals surface area (Å²) >= 11 is 3.53. The highest BCUT2D eigenvalue weighted by atomic mass is 127. The Balaban J connectivity index is 0.00000161. The van der Waals surface area contributed by atoms with Crippen LogP contribution >= 0.6 is 39.9 Å². The quantitative estimate of drug-likeness (QED) is 0.668. The van der Waals surface area contributed by atoms with E-state index in [4.69, 9.17) is 0 Å². The lowest BCUT2D eigenvalue weighted by Crippen LogP contribution is -2.46. The first-order valence-electron chi connectivity index (χ1n) is 7.57. The van der Waals surface area contributed by atoms with Crippen LogP contribution in [0.25, 0.3) is 0 Å². The predicted octanol–water partition coefficient (Wildman–Crippen LogP) is 3.82. The molecule has 0 amide bonds. The van der Waals surface area contributed by atoms with E-state index in [0.29, 0.717) is 0 Å². The first-order valence-corrected chi connectivity index (χ1v) is 8.36. The van der Waals surface area contributed by atoms with Crippen LogP contribution in [0.1, 0.15) is 37.7 Å². The maximum atomic E-state index is 4.52. The minimum absolute atomic E-state index is 0. The molecule has 2 aliphatic rings. The number of guanidine groups is 1. The molecule has 0 atom stereocenters. The fraction of sp³-hybridized carbons (Fsp3) is 0.562. The Kier molecular flexibility index (Phi) is 6.34. The van der Waals surface area contributed by atoms with Crippen LogP contribution in [-0.2, 0) is 5.41 Å². The minimum Gasteiger partial charge on any atom is -0.356 e. The third-order valence-electron chi connectivity index (χ3n) is 4.51. The van der Waals surface area contributed by atoms with Crippen LogP contribution in [0.3, 0.4) is 0 Å². The molecule has 1 fully saturated rings. The summed E-state index contributed by atoms with van der Waals surface area (Å²) < 4.78 is 1.15. The average Bonchev–Trinajstić information content (AvgIpc) is 2.97. The second kappa shape index (κ2) is 7.81. The normalized spacial score (nSPS) is 20.1. The van der Waals surface area contributed by atoms with Gasteiger partial charge in [0.15, 0.2) is 5.96 Å². The van der Waals surface area contributed by atoms with Gasteiger partial charge in [0, 0.05) is 29.5 Å². The molecule has 2 N–H and O–H groups in total. The van der Waals surface area contributed by atoms with Crippen molar-refractivity contribution in [2.24, 2.45) is 4.99 Å². The number of hydrogen-bond acceptors (Lipinski definition) is 3. The predicted molar refractivity (Wildman–Crippen MR) is 103 cm³/mol. The van der Waals surface area contributed by atoms with E-state index in [-0.39, 0.29) is 29.4 Å². The molecule has 3 rings (SSSR count). The molecule has 0 spiro atoms. The third-order valence-corrected chi connectivity index (χ3v) is 5.04. The largest absolute Gasteiger partial charge is 0.356 e. The van der Waals surface area contributed by atoms with Crippen LogP contribution in [0.15, 0.2) is 33.7 Å². The molecule has 0 bridgehead atoms. The van der Waals surface area contributed by atoms with Crippen molar-refractivity contribution in [1.82, 2.24) is 10.6 Å². The van der Waals surface area contributed by atoms with E-state index in [0.717, 1.165) is 36.5 Å². The van der Waals surface area contributed by atoms with Crippen molar-refractivity contribution in [1.29, 1.82) is 0 Å². The molecular formula is C16H23BrIN3. The van der Waals surface area contributed by atoms with Crippen LogP contribution < -0.4 is 10.6 Å². The Bertz CT molecular complexity index is 481. The summed E-state index contributed by atoms with van der Waals surface area (Å²) in [5.41, 5.74) is 1.74. The molecule has 1 aliphatic heterocycles. The average molecular weight is 464 g/mol. The van der Waals surface area contributed by atoms with Gasteiger partial charge in [0.1, 0.15) is 0 Å². The summed E-state index contributed by atoms with van der Waals surface area (Å²) in [5, 5.41) is 6.90. The molecule has 5 heteroatoms. The van der Waals surface area contributed by atoms with Crippen LogP contribution in [0.5, 0.6) is 0 Å². The monoisotopic (exact) mass is 463 g/mol. The Morgan fingerprint density at radius 1 is 1.14 bits per heavy atom. The van der Waals surface area contributed by atoms with Crippen LogP contribution in [0.4, 0.5) is 0 Å². The highest BCUT2D eigenvalue weighted by Crippen LogP contribution is 2.40. The van der Waals surface area contributed by atoms with Crippen molar-refractivity contribution < 1.29 is 0 Å². The van der Waals surface area contributed by atoms with Gasteiger partial charge in [0.2, 0.25) is 0 Å². The summed E-state index contributed by atoms with van der Waals surface area (Å²) in [6.45, 7) is 2.97. The molecule has 1 aliphatic carbocycles. The Morgan fingerprint density at radius 3 is 2.48 bits per heavy atom. The van der Waals surface area contributed by atoms with Gasteiger partial charge in [-0.15, -0.1) is 24.0 Å². The second-order valence-corrected chi connectivity index (χ2v) is 6.77. The lowest BCUT2D eigenvalue weighted by atomic mass is 9.79. The van der Waals surface area contributed by atoms with Gasteiger partial charge in [-0.25, -0.2) is 0 Å². The van der Waals surface area contributed by atoms with E-state index in [2.05, 4.69) is 55.8 Å². The van der Waals surface area contributed by atoms with Gasteiger partial charge in [-0.3, -0.25) is 4.99 Å². The third kappa shape index (κ3) is 4.12. The molecule has 3 nitrogen and oxygen atoms in total. The van der Waals surface area contributed by atoms with Crippen molar-refractivity contribution in [3.63, 3.8) is 0 Å². The van der Waals surface area contributed by atoms with Crippen LogP contribution in [0, 0.1) is 0 Å². The number of hydrogen-bond donors (Lipinski definition) is 2. The van der Waals surface area contributed by atoms with Crippen LogP contribution in [-0.4, -0.2) is 25.6 Å². The van der Waals surface area contributed by atoms with Gasteiger partial charge in [-0.05, 0) is 37.0 Å². The van der Waals surface area contributed by atoms with Crippen molar-refractivity contribution in [2.45, 2.75) is 37.5 Å². The summed E-state index contributed by atoms with van der Waals surface area (Å²) in [5.74, 6) is 0.986. The van der Waals surface area contributed by atoms with Gasteiger partial charge < -0.3 is 10.6 Å². The Hall–Kier alpha value is -0.300. The van der Waals surface area contributed by atoms with Crippen LogP contribution in [0.2, 0.25) is 0 Å². The number of nitrogens with one attached hydrogen (secondary N) is 2. The molecule has 116 valence electrons. The standard InChI is InChI=1S/C16H22BrN3.HI/c17-14-6-4-13(5-7-14)16(8-1-2-9-16)12-20-15-18-10-3-11-19-15;/h4-7H,1-3,8-12H2,(H2,18,19,20);1H. The van der Waals surface area contributed by atoms with Gasteiger partial charge in [0.05, 0.1) is 0 Å². The molecule has 1 aromatic carbocycles. The summed E-state index contributed by atoms with van der Waals surface area (Å²) in [4.78, 5) is 4.52. The van der Waals surface area contributed by atoms with Crippen molar-refractivity contribution in [2.75, 3.05) is 19.6 Å². The zero-order valence-electron chi connectivity index (χ0n) is 12.2. The Labute approximate surface area is 152 Å². The molecule has 21 heavy (non-hydrogen) atoms. The van der Waals surface area contributed by atoms with E-state index in [1.165, 1.54) is 31.2 Å². The highest BCUT2D eigenvalue weighted by molar-refractivity contribution is 14.0. The first-order chi connectivity index (χ1) is 9.78. The molecule has 1 saturated carbocycles. The van der Waals surface area contributed by atoms with E-state index < -0.39 is 0 Å². The topological polar surface area (TPSA) is 36.4 Å². The maximum Gasteiger partial charge on any atom is 0.191 e. The highest BCUT2D eigenvalue weighted by Gasteiger charge is 2.35. The lowest BCUT2D eigenvalue weighted by molar-refractivity contribution is 0.430. The maximum absolute atomic E-state index is 4.52. The fourth-order valence-corrected chi connectivity index (χ4v) is 3.59. The molecule has 1 aromatic rings. The Morgan fingerprint density at radius 2 is 1.86 bits per heavy atom. The molecule has 0 saturated heterocycles. The van der Waals surface area contributed by atoms with Crippen molar-refractivity contribution >= 4 is 45.9 Å². The van der Waals surface area contributed by atoms with Gasteiger partial charge in [-0.1, -0.05) is 40.9 Å². The summed E-state index contributed by atoms with van der Waals surface area (Å²) in [7, 11) is 0. The number of nitrogens with zero attached hydrogens (tertiary/aromatic N) is 1. The smallest absolute Gasteiger partial charge is 0.191 e. The second-order valence-electron chi connectivity index (χ2n) is 5.86. The number of rotatable bonds is 3. The number of benzene rings is 1. The molecule has 0 radical (unpaired) electrons. The van der Waals surface area contributed by atoms with E-state index >= 15 is 0 Å². The fourth-order valence-electron chi connectivity index (χ4n) is 3.33. The van der Waals surface area contributed by atoms with Crippen molar-refractivity contribution in [3.8, 4) is 0 Å². The van der Waals surface area contributed by atoms with E-state index in [1.807, 2.05) is 0 Å². The van der Waals surface area contributed by atoms with Gasteiger partial charge in [0.25, 0.3) is 0 Å². The van der Waals surface area contributed by atoms with Gasteiger partial charge >= 0.3 is 0 Å². The molecule has 1 heterocycles. The zero-order valence-corrected chi connectivity index (χ0v) is 16.1. The number of halogens is 2. The molecular weight excluding hydrogens is 441 g/mol. The van der Waals surface area contributed by atoms with Crippen molar-refractivity contribution in [3.05, 3.63) is 34.3 Å². The van der Waals surface area contributed by atoms with E-state index in [1.54, 1.807) is 0 Å². The SMILES string of the molecule is Brc1ccc(C2(CNC3=NCCCN3)CCCC2)cc1.I. The molecule has 0 unspecified atom stereocenters. The number of aliphatic imine (C=N–C) groups is 1.